The molecule has 0 saturated heterocycles. The number of hydrogen-bond donors (Lipinski definition) is 1. The molecular formula is C37H61N3O2. The molecule has 2 aliphatic rings. The summed E-state index contributed by atoms with van der Waals surface area (Å²) in [4.78, 5) is 18.5. The van der Waals surface area contributed by atoms with Crippen LogP contribution in [0.1, 0.15) is 127 Å². The number of hydrogen-bond acceptors (Lipinski definition) is 4. The van der Waals surface area contributed by atoms with E-state index in [2.05, 4.69) is 80.8 Å². The van der Waals surface area contributed by atoms with E-state index >= 15 is 0 Å². The van der Waals surface area contributed by atoms with Gasteiger partial charge in [-0.05, 0) is 85.3 Å². The first-order valence-electron chi connectivity index (χ1n) is 15.5. The minimum absolute atomic E-state index is 0.00166. The van der Waals surface area contributed by atoms with Crippen molar-refractivity contribution in [1.29, 1.82) is 0 Å². The van der Waals surface area contributed by atoms with Crippen LogP contribution < -0.4 is 10.1 Å². The first-order valence-corrected chi connectivity index (χ1v) is 15.5. The molecule has 0 atom stereocenters. The first kappa shape index (κ1) is 43.1. The molecule has 0 aliphatic heterocycles. The molecule has 3 rings (SSSR count). The number of rotatable bonds is 5. The molecule has 1 N–H and O–H groups in total. The van der Waals surface area contributed by atoms with E-state index in [4.69, 9.17) is 4.74 Å². The molecule has 1 amide bonds. The fraction of sp³-hybridized carbons (Fsp3) is 0.595. The number of amides is 1. The average molecular weight is 580 g/mol. The summed E-state index contributed by atoms with van der Waals surface area (Å²) in [6.07, 6.45) is 28.0. The lowest BCUT2D eigenvalue weighted by Gasteiger charge is -2.21. The smallest absolute Gasteiger partial charge is 0.316 e. The molecule has 0 radical (unpaired) electrons. The van der Waals surface area contributed by atoms with Gasteiger partial charge >= 0.3 is 6.01 Å². The van der Waals surface area contributed by atoms with E-state index in [9.17, 15) is 4.79 Å². The quantitative estimate of drug-likeness (QED) is 0.163. The minimum atomic E-state index is -0.00166. The summed E-state index contributed by atoms with van der Waals surface area (Å²) < 4.78 is 5.63. The molecule has 42 heavy (non-hydrogen) atoms. The lowest BCUT2D eigenvalue weighted by atomic mass is 9.91. The highest BCUT2D eigenvalue weighted by molar-refractivity contribution is 5.53. The fourth-order valence-corrected chi connectivity index (χ4v) is 3.92. The SMILES string of the molecule is C#C.C=C.CC.CC(C)=C(/C=C(\C)C#CC(C)(C)C)NC=O.CC1CCCCC1.c1cnc(OC2CCCCC2)nc1. The molecule has 5 nitrogen and oxygen atoms in total. The lowest BCUT2D eigenvalue weighted by Crippen LogP contribution is -2.20. The van der Waals surface area contributed by atoms with Crippen LogP contribution >= 0.6 is 0 Å². The van der Waals surface area contributed by atoms with Gasteiger partial charge in [0.1, 0.15) is 6.10 Å². The van der Waals surface area contributed by atoms with Crippen molar-refractivity contribution >= 4 is 6.41 Å². The van der Waals surface area contributed by atoms with Crippen molar-refractivity contribution in [2.45, 2.75) is 133 Å². The lowest BCUT2D eigenvalue weighted by molar-refractivity contribution is -0.108. The highest BCUT2D eigenvalue weighted by Crippen LogP contribution is 2.22. The van der Waals surface area contributed by atoms with Crippen molar-refractivity contribution in [3.63, 3.8) is 0 Å². The van der Waals surface area contributed by atoms with Crippen LogP contribution in [0.5, 0.6) is 6.01 Å². The van der Waals surface area contributed by atoms with E-state index in [1.165, 1.54) is 51.4 Å². The van der Waals surface area contributed by atoms with Crippen LogP contribution in [0.25, 0.3) is 0 Å². The van der Waals surface area contributed by atoms with E-state index in [0.717, 1.165) is 35.6 Å². The molecule has 0 spiro atoms. The third kappa shape index (κ3) is 26.9. The number of ether oxygens (including phenoxy) is 1. The molecule has 1 heterocycles. The van der Waals surface area contributed by atoms with Crippen LogP contribution in [0.2, 0.25) is 0 Å². The number of carbonyl (C=O) groups is 1. The Labute approximate surface area is 260 Å². The second-order valence-electron chi connectivity index (χ2n) is 11.2. The Morgan fingerprint density at radius 3 is 1.81 bits per heavy atom. The highest BCUT2D eigenvalue weighted by Gasteiger charge is 2.15. The maximum absolute atomic E-state index is 10.4. The molecule has 0 unspecified atom stereocenters. The summed E-state index contributed by atoms with van der Waals surface area (Å²) in [5, 5.41) is 2.67. The predicted octanol–water partition coefficient (Wildman–Crippen LogP) is 9.87. The summed E-state index contributed by atoms with van der Waals surface area (Å²) in [6, 6.07) is 2.32. The Hall–Kier alpha value is -3.31. The number of terminal acetylenes is 1. The van der Waals surface area contributed by atoms with Crippen molar-refractivity contribution in [3.05, 3.63) is 54.5 Å². The van der Waals surface area contributed by atoms with Crippen LogP contribution in [0.3, 0.4) is 0 Å². The Morgan fingerprint density at radius 1 is 0.952 bits per heavy atom. The second kappa shape index (κ2) is 29.2. The van der Waals surface area contributed by atoms with Gasteiger partial charge in [0.25, 0.3) is 0 Å². The van der Waals surface area contributed by atoms with Crippen LogP contribution in [0.4, 0.5) is 0 Å². The standard InChI is InChI=1S/C14H21NO.C10H14N2O.C7H14.C2H6.C2H4.C2H2/c1-11(2)13(15-10-16)9-12(3)7-8-14(4,5)6;1-2-5-9(6-3-1)13-10-11-7-4-8-12-10;1-7-5-3-2-4-6-7;3*1-2/h9-10H,1-6H3,(H,15,16);4,7-9H,1-3,5-6H2;7H,2-6H2,1H3;1-2H3;1-2H2;1-2H/b12-9+;;;;;. The molecule has 0 aromatic carbocycles. The predicted molar refractivity (Wildman–Crippen MR) is 183 cm³/mol. The van der Waals surface area contributed by atoms with Crippen molar-refractivity contribution < 1.29 is 9.53 Å². The molecule has 236 valence electrons. The van der Waals surface area contributed by atoms with E-state index in [1.54, 1.807) is 18.5 Å². The number of allylic oxidation sites excluding steroid dienone is 3. The van der Waals surface area contributed by atoms with Crippen molar-refractivity contribution in [2.24, 2.45) is 11.3 Å². The third-order valence-corrected chi connectivity index (χ3v) is 6.01. The largest absolute Gasteiger partial charge is 0.460 e. The summed E-state index contributed by atoms with van der Waals surface area (Å²) in [5.74, 6) is 7.27. The van der Waals surface area contributed by atoms with Gasteiger partial charge in [-0.2, -0.15) is 0 Å². The molecular weight excluding hydrogens is 518 g/mol. The topological polar surface area (TPSA) is 64.1 Å². The maximum Gasteiger partial charge on any atom is 0.316 e. The van der Waals surface area contributed by atoms with Crippen molar-refractivity contribution in [2.75, 3.05) is 0 Å². The Morgan fingerprint density at radius 2 is 1.43 bits per heavy atom. The van der Waals surface area contributed by atoms with Gasteiger partial charge in [0.15, 0.2) is 0 Å². The number of nitrogens with one attached hydrogen (secondary N) is 1. The maximum atomic E-state index is 10.4. The zero-order chi connectivity index (χ0) is 32.8. The second-order valence-corrected chi connectivity index (χ2v) is 11.2. The third-order valence-electron chi connectivity index (χ3n) is 6.01. The highest BCUT2D eigenvalue weighted by atomic mass is 16.5. The Kier molecular flexibility index (Phi) is 30.0. The molecule has 1 aromatic heterocycles. The first-order chi connectivity index (χ1) is 20.1. The van der Waals surface area contributed by atoms with Crippen LogP contribution in [-0.4, -0.2) is 22.5 Å². The van der Waals surface area contributed by atoms with Gasteiger partial charge in [-0.15, -0.1) is 26.0 Å². The monoisotopic (exact) mass is 579 g/mol. The van der Waals surface area contributed by atoms with Crippen LogP contribution in [-0.2, 0) is 4.79 Å². The summed E-state index contributed by atoms with van der Waals surface area (Å²) in [7, 11) is 0. The zero-order valence-electron chi connectivity index (χ0n) is 28.4. The van der Waals surface area contributed by atoms with Crippen LogP contribution in [0.15, 0.2) is 54.5 Å². The van der Waals surface area contributed by atoms with Crippen molar-refractivity contribution in [1.82, 2.24) is 15.3 Å². The van der Waals surface area contributed by atoms with Gasteiger partial charge in [-0.1, -0.05) is 76.7 Å². The Balaban J connectivity index is -0.000000521. The number of aromatic nitrogens is 2. The normalized spacial score (nSPS) is 14.5. The summed E-state index contributed by atoms with van der Waals surface area (Å²) in [6.45, 7) is 24.4. The molecule has 1 aromatic rings. The van der Waals surface area contributed by atoms with Gasteiger partial charge in [0.2, 0.25) is 6.41 Å². The number of carbonyl (C=O) groups excluding carboxylic acids is 1. The van der Waals surface area contributed by atoms with Crippen molar-refractivity contribution in [3.8, 4) is 30.7 Å². The molecule has 2 aliphatic carbocycles. The Bertz CT molecular complexity index is 914. The number of nitrogens with zero attached hydrogens (tertiary/aromatic N) is 2. The van der Waals surface area contributed by atoms with Gasteiger partial charge in [0.05, 0.1) is 0 Å². The average Bonchev–Trinajstić information content (AvgIpc) is 3.01. The molecule has 2 fully saturated rings. The van der Waals surface area contributed by atoms with E-state index in [0.29, 0.717) is 18.5 Å². The van der Waals surface area contributed by atoms with Gasteiger partial charge < -0.3 is 10.1 Å². The zero-order valence-corrected chi connectivity index (χ0v) is 28.4. The van der Waals surface area contributed by atoms with Gasteiger partial charge in [-0.25, -0.2) is 9.97 Å². The van der Waals surface area contributed by atoms with Gasteiger partial charge in [0, 0.05) is 29.1 Å². The molecule has 2 saturated carbocycles. The van der Waals surface area contributed by atoms with Gasteiger partial charge in [-0.3, -0.25) is 4.79 Å². The summed E-state index contributed by atoms with van der Waals surface area (Å²) >= 11 is 0. The minimum Gasteiger partial charge on any atom is -0.460 e. The summed E-state index contributed by atoms with van der Waals surface area (Å²) in [5.41, 5.74) is 2.82. The van der Waals surface area contributed by atoms with E-state index in [-0.39, 0.29) is 5.41 Å². The molecule has 0 bridgehead atoms. The fourth-order valence-electron chi connectivity index (χ4n) is 3.92. The molecule has 5 heteroatoms. The van der Waals surface area contributed by atoms with E-state index < -0.39 is 0 Å². The van der Waals surface area contributed by atoms with Crippen LogP contribution in [0, 0.1) is 36.0 Å². The van der Waals surface area contributed by atoms with E-state index in [1.807, 2.05) is 40.7 Å².